The molecule has 1 aliphatic heterocycles. The number of anilines is 1. The first-order valence-corrected chi connectivity index (χ1v) is 8.62. The lowest BCUT2D eigenvalue weighted by atomic mass is 10.1. The predicted octanol–water partition coefficient (Wildman–Crippen LogP) is 2.25. The zero-order valence-electron chi connectivity index (χ0n) is 14.3. The first kappa shape index (κ1) is 15.8. The van der Waals surface area contributed by atoms with Gasteiger partial charge in [-0.05, 0) is 30.7 Å². The van der Waals surface area contributed by atoms with Gasteiger partial charge >= 0.3 is 0 Å². The standard InChI is InChI=1S/C19H22N6/c1-24-13-16(19(23-24)15-5-9-20-10-6-15)12-22-17-7-11-25(14-17)18-4-2-3-8-21-18/h2-6,8-10,13,17,22H,7,11-12,14H2,1H3. The molecule has 3 aromatic rings. The number of aromatic nitrogens is 4. The molecule has 0 bridgehead atoms. The topological polar surface area (TPSA) is 58.9 Å². The minimum absolute atomic E-state index is 0.465. The lowest BCUT2D eigenvalue weighted by Crippen LogP contribution is -2.32. The molecule has 1 aliphatic rings. The third kappa shape index (κ3) is 3.53. The summed E-state index contributed by atoms with van der Waals surface area (Å²) >= 11 is 0. The molecule has 0 aliphatic carbocycles. The van der Waals surface area contributed by atoms with Gasteiger partial charge in [0.25, 0.3) is 0 Å². The number of aryl methyl sites for hydroxylation is 1. The van der Waals surface area contributed by atoms with Crippen molar-refractivity contribution in [2.45, 2.75) is 19.0 Å². The fourth-order valence-electron chi connectivity index (χ4n) is 3.35. The summed E-state index contributed by atoms with van der Waals surface area (Å²) < 4.78 is 1.88. The van der Waals surface area contributed by atoms with Crippen LogP contribution in [0.25, 0.3) is 11.3 Å². The van der Waals surface area contributed by atoms with Gasteiger partial charge in [-0.1, -0.05) is 6.07 Å². The summed E-state index contributed by atoms with van der Waals surface area (Å²) in [7, 11) is 1.96. The van der Waals surface area contributed by atoms with Crippen molar-refractivity contribution < 1.29 is 0 Å². The first-order chi connectivity index (χ1) is 12.3. The molecule has 0 amide bonds. The smallest absolute Gasteiger partial charge is 0.128 e. The average molecular weight is 334 g/mol. The van der Waals surface area contributed by atoms with E-state index in [0.717, 1.165) is 43.1 Å². The first-order valence-electron chi connectivity index (χ1n) is 8.62. The van der Waals surface area contributed by atoms with Gasteiger partial charge in [-0.2, -0.15) is 5.10 Å². The van der Waals surface area contributed by atoms with Crippen LogP contribution in [0.1, 0.15) is 12.0 Å². The molecule has 0 aromatic carbocycles. The SMILES string of the molecule is Cn1cc(CNC2CCN(c3ccccn3)C2)c(-c2ccncc2)n1. The van der Waals surface area contributed by atoms with Crippen molar-refractivity contribution in [3.63, 3.8) is 0 Å². The van der Waals surface area contributed by atoms with Gasteiger partial charge < -0.3 is 10.2 Å². The van der Waals surface area contributed by atoms with Crippen molar-refractivity contribution in [1.29, 1.82) is 0 Å². The van der Waals surface area contributed by atoms with E-state index in [1.165, 1.54) is 5.56 Å². The molecule has 4 rings (SSSR count). The molecule has 25 heavy (non-hydrogen) atoms. The molecule has 4 heterocycles. The maximum atomic E-state index is 4.62. The van der Waals surface area contributed by atoms with Gasteiger partial charge in [0.1, 0.15) is 5.82 Å². The maximum absolute atomic E-state index is 4.62. The van der Waals surface area contributed by atoms with Crippen LogP contribution in [-0.2, 0) is 13.6 Å². The molecule has 1 unspecified atom stereocenters. The van der Waals surface area contributed by atoms with E-state index in [1.54, 1.807) is 0 Å². The molecule has 0 spiro atoms. The highest BCUT2D eigenvalue weighted by Gasteiger charge is 2.23. The Bertz CT molecular complexity index is 814. The molecule has 1 atom stereocenters. The Morgan fingerprint density at radius 2 is 2.04 bits per heavy atom. The Hall–Kier alpha value is -2.73. The Morgan fingerprint density at radius 3 is 2.84 bits per heavy atom. The quantitative estimate of drug-likeness (QED) is 0.775. The maximum Gasteiger partial charge on any atom is 0.128 e. The summed E-state index contributed by atoms with van der Waals surface area (Å²) in [5.41, 5.74) is 3.34. The monoisotopic (exact) mass is 334 g/mol. The normalized spacial score (nSPS) is 17.2. The fourth-order valence-corrected chi connectivity index (χ4v) is 3.35. The van der Waals surface area contributed by atoms with Gasteiger partial charge in [0.2, 0.25) is 0 Å². The second kappa shape index (κ2) is 7.03. The molecule has 1 N–H and O–H groups in total. The number of nitrogens with one attached hydrogen (secondary N) is 1. The van der Waals surface area contributed by atoms with Crippen molar-refractivity contribution in [2.24, 2.45) is 7.05 Å². The lowest BCUT2D eigenvalue weighted by molar-refractivity contribution is 0.551. The van der Waals surface area contributed by atoms with Crippen LogP contribution in [0.5, 0.6) is 0 Å². The van der Waals surface area contributed by atoms with Crippen molar-refractivity contribution in [3.8, 4) is 11.3 Å². The molecule has 1 fully saturated rings. The minimum atomic E-state index is 0.465. The van der Waals surface area contributed by atoms with E-state index in [1.807, 2.05) is 54.6 Å². The van der Waals surface area contributed by atoms with Crippen LogP contribution >= 0.6 is 0 Å². The van der Waals surface area contributed by atoms with Gasteiger partial charge in [0.05, 0.1) is 5.69 Å². The van der Waals surface area contributed by atoms with Crippen LogP contribution in [0, 0.1) is 0 Å². The predicted molar refractivity (Wildman–Crippen MR) is 98.1 cm³/mol. The molecular formula is C19H22N6. The zero-order chi connectivity index (χ0) is 17.1. The van der Waals surface area contributed by atoms with Crippen molar-refractivity contribution in [3.05, 3.63) is 60.7 Å². The summed E-state index contributed by atoms with van der Waals surface area (Å²) in [6.45, 7) is 2.84. The largest absolute Gasteiger partial charge is 0.355 e. The highest BCUT2D eigenvalue weighted by molar-refractivity contribution is 5.61. The third-order valence-corrected chi connectivity index (χ3v) is 4.60. The van der Waals surface area contributed by atoms with E-state index in [9.17, 15) is 0 Å². The summed E-state index contributed by atoms with van der Waals surface area (Å²) in [6, 6.07) is 10.5. The van der Waals surface area contributed by atoms with Gasteiger partial charge in [-0.3, -0.25) is 9.67 Å². The van der Waals surface area contributed by atoms with Crippen LogP contribution in [0.4, 0.5) is 5.82 Å². The minimum Gasteiger partial charge on any atom is -0.355 e. The van der Waals surface area contributed by atoms with Crippen molar-refractivity contribution in [2.75, 3.05) is 18.0 Å². The van der Waals surface area contributed by atoms with Crippen molar-refractivity contribution in [1.82, 2.24) is 25.1 Å². The van der Waals surface area contributed by atoms with E-state index >= 15 is 0 Å². The van der Waals surface area contributed by atoms with Crippen LogP contribution in [0.15, 0.2) is 55.1 Å². The van der Waals surface area contributed by atoms with Gasteiger partial charge in [-0.15, -0.1) is 0 Å². The van der Waals surface area contributed by atoms with Crippen LogP contribution in [0.3, 0.4) is 0 Å². The Kier molecular flexibility index (Phi) is 4.43. The highest BCUT2D eigenvalue weighted by atomic mass is 15.3. The Morgan fingerprint density at radius 1 is 1.16 bits per heavy atom. The molecule has 1 saturated heterocycles. The van der Waals surface area contributed by atoms with Gasteiger partial charge in [0, 0.05) is 68.6 Å². The zero-order valence-corrected chi connectivity index (χ0v) is 14.3. The Labute approximate surface area is 147 Å². The van der Waals surface area contributed by atoms with Crippen molar-refractivity contribution >= 4 is 5.82 Å². The number of pyridine rings is 2. The Balaban J connectivity index is 1.41. The highest BCUT2D eigenvalue weighted by Crippen LogP contribution is 2.22. The second-order valence-electron chi connectivity index (χ2n) is 6.41. The third-order valence-electron chi connectivity index (χ3n) is 4.60. The molecule has 3 aromatic heterocycles. The van der Waals surface area contributed by atoms with E-state index in [4.69, 9.17) is 0 Å². The summed E-state index contributed by atoms with van der Waals surface area (Å²) in [5, 5.41) is 8.30. The molecule has 0 radical (unpaired) electrons. The molecule has 0 saturated carbocycles. The van der Waals surface area contributed by atoms with Gasteiger partial charge in [0.15, 0.2) is 0 Å². The molecule has 6 nitrogen and oxygen atoms in total. The molecule has 6 heteroatoms. The number of rotatable bonds is 5. The summed E-state index contributed by atoms with van der Waals surface area (Å²) in [6.07, 6.45) is 8.69. The van der Waals surface area contributed by atoms with Crippen LogP contribution < -0.4 is 10.2 Å². The van der Waals surface area contributed by atoms with E-state index in [-0.39, 0.29) is 0 Å². The number of hydrogen-bond donors (Lipinski definition) is 1. The number of nitrogens with zero attached hydrogens (tertiary/aromatic N) is 5. The summed E-state index contributed by atoms with van der Waals surface area (Å²) in [4.78, 5) is 10.9. The van der Waals surface area contributed by atoms with E-state index in [0.29, 0.717) is 6.04 Å². The second-order valence-corrected chi connectivity index (χ2v) is 6.41. The average Bonchev–Trinajstić information content (AvgIpc) is 3.28. The van der Waals surface area contributed by atoms with Gasteiger partial charge in [-0.25, -0.2) is 4.98 Å². The lowest BCUT2D eigenvalue weighted by Gasteiger charge is -2.17. The molecular weight excluding hydrogens is 312 g/mol. The summed E-state index contributed by atoms with van der Waals surface area (Å²) in [5.74, 6) is 1.06. The molecule has 128 valence electrons. The van der Waals surface area contributed by atoms with Crippen LogP contribution in [0.2, 0.25) is 0 Å². The fraction of sp³-hybridized carbons (Fsp3) is 0.316. The van der Waals surface area contributed by atoms with E-state index in [2.05, 4.69) is 37.5 Å². The van der Waals surface area contributed by atoms with Crippen LogP contribution in [-0.4, -0.2) is 38.9 Å². The number of hydrogen-bond acceptors (Lipinski definition) is 5. The van der Waals surface area contributed by atoms with E-state index < -0.39 is 0 Å².